The van der Waals surface area contributed by atoms with E-state index in [1.54, 1.807) is 0 Å². The highest BCUT2D eigenvalue weighted by Gasteiger charge is 2.06. The van der Waals surface area contributed by atoms with Crippen LogP contribution in [-0.2, 0) is 18.9 Å². The molecule has 0 spiro atoms. The van der Waals surface area contributed by atoms with Gasteiger partial charge in [0.15, 0.2) is 12.6 Å². The Morgan fingerprint density at radius 3 is 1.07 bits per heavy atom. The maximum absolute atomic E-state index is 5.06. The van der Waals surface area contributed by atoms with E-state index in [1.807, 2.05) is 13.8 Å². The average molecular weight is 204 g/mol. The van der Waals surface area contributed by atoms with Gasteiger partial charge in [-0.05, 0) is 26.7 Å². The van der Waals surface area contributed by atoms with Crippen molar-refractivity contribution < 1.29 is 18.9 Å². The molecular formula is C10H20O4. The summed E-state index contributed by atoms with van der Waals surface area (Å²) >= 11 is 0. The Labute approximate surface area is 85.5 Å². The van der Waals surface area contributed by atoms with Gasteiger partial charge in [-0.3, -0.25) is 0 Å². The van der Waals surface area contributed by atoms with Gasteiger partial charge < -0.3 is 18.9 Å². The minimum Gasteiger partial charge on any atom is -0.353 e. The summed E-state index contributed by atoms with van der Waals surface area (Å²) < 4.78 is 20.2. The van der Waals surface area contributed by atoms with Crippen molar-refractivity contribution in [1.82, 2.24) is 0 Å². The smallest absolute Gasteiger partial charge is 0.154 e. The molecule has 0 aromatic rings. The lowest BCUT2D eigenvalue weighted by Crippen LogP contribution is -2.21. The van der Waals surface area contributed by atoms with Gasteiger partial charge >= 0.3 is 0 Å². The summed E-state index contributed by atoms with van der Waals surface area (Å²) in [5.41, 5.74) is 0. The van der Waals surface area contributed by atoms with E-state index < -0.39 is 0 Å². The monoisotopic (exact) mass is 204 g/mol. The molecule has 2 heterocycles. The average Bonchev–Trinajstić information content (AvgIpc) is 2.21. The third kappa shape index (κ3) is 5.54. The van der Waals surface area contributed by atoms with E-state index in [9.17, 15) is 0 Å². The Kier molecular flexibility index (Phi) is 6.10. The molecule has 0 N–H and O–H groups in total. The van der Waals surface area contributed by atoms with Crippen LogP contribution in [0.4, 0.5) is 0 Å². The normalized spacial score (nSPS) is 25.3. The zero-order valence-corrected chi connectivity index (χ0v) is 9.03. The van der Waals surface area contributed by atoms with Crippen LogP contribution in [0.25, 0.3) is 0 Å². The summed E-state index contributed by atoms with van der Waals surface area (Å²) in [6.07, 6.45) is 2.16. The second kappa shape index (κ2) is 7.17. The number of rotatable bonds is 0. The maximum atomic E-state index is 5.06. The van der Waals surface area contributed by atoms with Crippen LogP contribution in [0.3, 0.4) is 0 Å². The van der Waals surface area contributed by atoms with Gasteiger partial charge in [0.2, 0.25) is 0 Å². The largest absolute Gasteiger partial charge is 0.353 e. The second-order valence-corrected chi connectivity index (χ2v) is 3.33. The van der Waals surface area contributed by atoms with Crippen LogP contribution in [-0.4, -0.2) is 39.0 Å². The van der Waals surface area contributed by atoms with Crippen molar-refractivity contribution in [3.63, 3.8) is 0 Å². The van der Waals surface area contributed by atoms with Gasteiger partial charge in [0.25, 0.3) is 0 Å². The predicted molar refractivity (Wildman–Crippen MR) is 52.0 cm³/mol. The van der Waals surface area contributed by atoms with Crippen molar-refractivity contribution in [2.45, 2.75) is 39.3 Å². The lowest BCUT2D eigenvalue weighted by Gasteiger charge is -2.18. The molecule has 0 radical (unpaired) electrons. The molecule has 0 saturated carbocycles. The standard InChI is InChI=1S/2C5H10O2/c2*1-5-6-3-2-4-7-5/h2*5H,2-4H2,1H3. The van der Waals surface area contributed by atoms with Crippen LogP contribution >= 0.6 is 0 Å². The third-order valence-electron chi connectivity index (χ3n) is 1.99. The van der Waals surface area contributed by atoms with Crippen molar-refractivity contribution in [2.75, 3.05) is 26.4 Å². The molecule has 0 aliphatic carbocycles. The molecule has 0 atom stereocenters. The zero-order valence-electron chi connectivity index (χ0n) is 9.03. The van der Waals surface area contributed by atoms with Crippen LogP contribution in [0.1, 0.15) is 26.7 Å². The van der Waals surface area contributed by atoms with Gasteiger partial charge in [0.05, 0.1) is 26.4 Å². The van der Waals surface area contributed by atoms with Crippen molar-refractivity contribution in [2.24, 2.45) is 0 Å². The Bertz CT molecular complexity index is 112. The van der Waals surface area contributed by atoms with E-state index in [2.05, 4.69) is 0 Å². The Balaban J connectivity index is 0.000000140. The van der Waals surface area contributed by atoms with Gasteiger partial charge in [0, 0.05) is 0 Å². The molecule has 0 bridgehead atoms. The molecule has 0 amide bonds. The highest BCUT2D eigenvalue weighted by molar-refractivity contribution is 4.43. The SMILES string of the molecule is CC1OCCCO1.CC1OCCCO1. The second-order valence-electron chi connectivity index (χ2n) is 3.33. The molecule has 2 aliphatic rings. The fourth-order valence-electron chi connectivity index (χ4n) is 1.21. The first-order valence-corrected chi connectivity index (χ1v) is 5.25. The van der Waals surface area contributed by atoms with Crippen molar-refractivity contribution >= 4 is 0 Å². The van der Waals surface area contributed by atoms with Crippen molar-refractivity contribution in [1.29, 1.82) is 0 Å². The Hall–Kier alpha value is -0.160. The molecule has 84 valence electrons. The van der Waals surface area contributed by atoms with E-state index in [4.69, 9.17) is 18.9 Å². The quantitative estimate of drug-likeness (QED) is 0.599. The molecule has 4 nitrogen and oxygen atoms in total. The maximum Gasteiger partial charge on any atom is 0.154 e. The highest BCUT2D eigenvalue weighted by atomic mass is 16.7. The van der Waals surface area contributed by atoms with Crippen molar-refractivity contribution in [3.8, 4) is 0 Å². The first-order chi connectivity index (χ1) is 6.79. The van der Waals surface area contributed by atoms with Crippen LogP contribution in [0.2, 0.25) is 0 Å². The molecule has 2 saturated heterocycles. The first-order valence-electron chi connectivity index (χ1n) is 5.25. The molecule has 4 heteroatoms. The van der Waals surface area contributed by atoms with Crippen molar-refractivity contribution in [3.05, 3.63) is 0 Å². The Morgan fingerprint density at radius 1 is 0.643 bits per heavy atom. The number of ether oxygens (including phenoxy) is 4. The van der Waals surface area contributed by atoms with E-state index in [-0.39, 0.29) is 12.6 Å². The minimum absolute atomic E-state index is 0.0359. The summed E-state index contributed by atoms with van der Waals surface area (Å²) in [5, 5.41) is 0. The van der Waals surface area contributed by atoms with E-state index in [1.165, 1.54) is 0 Å². The topological polar surface area (TPSA) is 36.9 Å². The summed E-state index contributed by atoms with van der Waals surface area (Å²) in [6, 6.07) is 0. The minimum atomic E-state index is 0.0359. The predicted octanol–water partition coefficient (Wildman–Crippen LogP) is 1.54. The first kappa shape index (κ1) is 11.9. The molecule has 0 aromatic carbocycles. The van der Waals surface area contributed by atoms with E-state index in [0.717, 1.165) is 39.3 Å². The molecule has 14 heavy (non-hydrogen) atoms. The fourth-order valence-corrected chi connectivity index (χ4v) is 1.21. The Morgan fingerprint density at radius 2 is 0.929 bits per heavy atom. The number of hydrogen-bond acceptors (Lipinski definition) is 4. The van der Waals surface area contributed by atoms with E-state index >= 15 is 0 Å². The van der Waals surface area contributed by atoms with Crippen LogP contribution in [0.15, 0.2) is 0 Å². The lowest BCUT2D eigenvalue weighted by molar-refractivity contribution is -0.167. The summed E-state index contributed by atoms with van der Waals surface area (Å²) in [6.45, 7) is 7.28. The molecular weight excluding hydrogens is 184 g/mol. The van der Waals surface area contributed by atoms with Gasteiger partial charge in [-0.25, -0.2) is 0 Å². The van der Waals surface area contributed by atoms with Crippen LogP contribution in [0, 0.1) is 0 Å². The summed E-state index contributed by atoms with van der Waals surface area (Å²) in [5.74, 6) is 0. The summed E-state index contributed by atoms with van der Waals surface area (Å²) in [7, 11) is 0. The third-order valence-corrected chi connectivity index (χ3v) is 1.99. The molecule has 2 rings (SSSR count). The molecule has 2 aliphatic heterocycles. The van der Waals surface area contributed by atoms with Gasteiger partial charge in [-0.1, -0.05) is 0 Å². The fraction of sp³-hybridized carbons (Fsp3) is 1.00. The molecule has 0 aromatic heterocycles. The highest BCUT2D eigenvalue weighted by Crippen LogP contribution is 2.02. The van der Waals surface area contributed by atoms with Crippen LogP contribution < -0.4 is 0 Å². The summed E-state index contributed by atoms with van der Waals surface area (Å²) in [4.78, 5) is 0. The lowest BCUT2D eigenvalue weighted by atomic mass is 10.4. The number of hydrogen-bond donors (Lipinski definition) is 0. The van der Waals surface area contributed by atoms with Crippen LogP contribution in [0.5, 0.6) is 0 Å². The molecule has 2 fully saturated rings. The van der Waals surface area contributed by atoms with E-state index in [0.29, 0.717) is 0 Å². The zero-order chi connectivity index (χ0) is 10.2. The van der Waals surface area contributed by atoms with Gasteiger partial charge in [0.1, 0.15) is 0 Å². The van der Waals surface area contributed by atoms with Gasteiger partial charge in [-0.2, -0.15) is 0 Å². The molecule has 0 unspecified atom stereocenters. The van der Waals surface area contributed by atoms with Gasteiger partial charge in [-0.15, -0.1) is 0 Å².